The van der Waals surface area contributed by atoms with E-state index in [1.54, 1.807) is 13.8 Å². The van der Waals surface area contributed by atoms with Crippen molar-refractivity contribution in [2.45, 2.75) is 76.7 Å². The Balaban J connectivity index is 3.06. The highest BCUT2D eigenvalue weighted by molar-refractivity contribution is 5.94. The van der Waals surface area contributed by atoms with Gasteiger partial charge in [-0.05, 0) is 19.3 Å². The number of aliphatic carboxylic acids is 1. The zero-order valence-electron chi connectivity index (χ0n) is 20.0. The zero-order chi connectivity index (χ0) is 26.7. The molecule has 1 aromatic rings. The molecule has 14 heteroatoms. The second-order valence-corrected chi connectivity index (χ2v) is 8.39. The average molecular weight is 498 g/mol. The van der Waals surface area contributed by atoms with Crippen LogP contribution in [-0.2, 0) is 30.4 Å². The molecule has 4 amide bonds. The number of primary amides is 1. The summed E-state index contributed by atoms with van der Waals surface area (Å²) in [5.74, 6) is -4.69. The van der Waals surface area contributed by atoms with E-state index in [1.807, 2.05) is 0 Å². The van der Waals surface area contributed by atoms with Crippen molar-refractivity contribution >= 4 is 29.6 Å². The largest absolute Gasteiger partial charge is 0.480 e. The lowest BCUT2D eigenvalue weighted by Gasteiger charge is -2.28. The summed E-state index contributed by atoms with van der Waals surface area (Å²) in [5, 5.41) is 26.2. The summed E-state index contributed by atoms with van der Waals surface area (Å²) < 4.78 is 0. The first-order valence-corrected chi connectivity index (χ1v) is 11.2. The predicted molar refractivity (Wildman–Crippen MR) is 123 cm³/mol. The van der Waals surface area contributed by atoms with E-state index in [0.717, 1.165) is 0 Å². The number of carbonyl (C=O) groups is 5. The van der Waals surface area contributed by atoms with Crippen LogP contribution in [0.3, 0.4) is 0 Å². The van der Waals surface area contributed by atoms with E-state index in [2.05, 4.69) is 25.9 Å². The van der Waals surface area contributed by atoms with Crippen LogP contribution < -0.4 is 27.4 Å². The summed E-state index contributed by atoms with van der Waals surface area (Å²) >= 11 is 0. The number of carbonyl (C=O) groups excluding carboxylic acids is 4. The molecule has 0 bridgehead atoms. The molecule has 0 spiro atoms. The number of aliphatic hydroxyl groups excluding tert-OH is 1. The molecular formula is C21H35N7O7. The lowest BCUT2D eigenvalue weighted by atomic mass is 9.96. The maximum atomic E-state index is 13.2. The van der Waals surface area contributed by atoms with Crippen LogP contribution in [-0.4, -0.2) is 80.1 Å². The van der Waals surface area contributed by atoms with Crippen LogP contribution in [0.4, 0.5) is 0 Å². The standard InChI is InChI=1S/C21H35N7O7/c1-4-10(2)16(20(33)28-17(11(3)29)21(34)35)27-19(32)14(7-12-8-24-9-25-12)26-18(31)13(22)5-6-15(23)30/h8-11,13-14,16-17,29H,4-7,22H2,1-3H3,(H2,23,30)(H,24,25)(H,26,31)(H,27,32)(H,28,33)(H,34,35). The molecule has 0 aromatic carbocycles. The van der Waals surface area contributed by atoms with E-state index in [4.69, 9.17) is 11.5 Å². The van der Waals surface area contributed by atoms with Crippen molar-refractivity contribution in [3.63, 3.8) is 0 Å². The molecule has 10 N–H and O–H groups in total. The minimum atomic E-state index is -1.57. The summed E-state index contributed by atoms with van der Waals surface area (Å²) in [6.45, 7) is 4.68. The smallest absolute Gasteiger partial charge is 0.328 e. The van der Waals surface area contributed by atoms with Gasteiger partial charge in [-0.1, -0.05) is 20.3 Å². The predicted octanol–water partition coefficient (Wildman–Crippen LogP) is -2.49. The van der Waals surface area contributed by atoms with Gasteiger partial charge in [-0.25, -0.2) is 9.78 Å². The first-order valence-electron chi connectivity index (χ1n) is 11.2. The van der Waals surface area contributed by atoms with Crippen molar-refractivity contribution in [1.82, 2.24) is 25.9 Å². The molecule has 6 atom stereocenters. The highest BCUT2D eigenvalue weighted by Crippen LogP contribution is 2.11. The van der Waals surface area contributed by atoms with Gasteiger partial charge < -0.3 is 42.6 Å². The van der Waals surface area contributed by atoms with Gasteiger partial charge in [0.15, 0.2) is 6.04 Å². The van der Waals surface area contributed by atoms with Gasteiger partial charge in [0.2, 0.25) is 23.6 Å². The van der Waals surface area contributed by atoms with Crippen LogP contribution in [0.5, 0.6) is 0 Å². The van der Waals surface area contributed by atoms with Gasteiger partial charge in [0.25, 0.3) is 0 Å². The van der Waals surface area contributed by atoms with Crippen LogP contribution >= 0.6 is 0 Å². The molecule has 35 heavy (non-hydrogen) atoms. The minimum absolute atomic E-state index is 0.0135. The van der Waals surface area contributed by atoms with Gasteiger partial charge in [-0.2, -0.15) is 0 Å². The number of nitrogens with zero attached hydrogens (tertiary/aromatic N) is 1. The molecule has 14 nitrogen and oxygen atoms in total. The van der Waals surface area contributed by atoms with Gasteiger partial charge in [-0.15, -0.1) is 0 Å². The number of amides is 4. The average Bonchev–Trinajstić information content (AvgIpc) is 3.30. The van der Waals surface area contributed by atoms with Crippen LogP contribution in [0.2, 0.25) is 0 Å². The van der Waals surface area contributed by atoms with Gasteiger partial charge in [0.05, 0.1) is 18.5 Å². The molecule has 0 saturated carbocycles. The maximum absolute atomic E-state index is 13.2. The number of hydrogen-bond acceptors (Lipinski definition) is 8. The SMILES string of the molecule is CCC(C)C(NC(=O)C(Cc1cnc[nH]1)NC(=O)C(N)CCC(N)=O)C(=O)NC(C(=O)O)C(C)O. The lowest BCUT2D eigenvalue weighted by Crippen LogP contribution is -2.60. The second kappa shape index (κ2) is 14.0. The number of H-pyrrole nitrogens is 1. The quantitative estimate of drug-likeness (QED) is 0.128. The lowest BCUT2D eigenvalue weighted by molar-refractivity contribution is -0.145. The van der Waals surface area contributed by atoms with Crippen molar-refractivity contribution in [2.75, 3.05) is 0 Å². The molecule has 0 radical (unpaired) electrons. The summed E-state index contributed by atoms with van der Waals surface area (Å²) in [7, 11) is 0. The number of rotatable bonds is 15. The summed E-state index contributed by atoms with van der Waals surface area (Å²) in [6.07, 6.45) is 1.78. The Kier molecular flexibility index (Phi) is 11.8. The summed E-state index contributed by atoms with van der Waals surface area (Å²) in [6, 6.07) is -5.00. The Morgan fingerprint density at radius 2 is 1.69 bits per heavy atom. The third-order valence-electron chi connectivity index (χ3n) is 5.49. The molecule has 1 rings (SSSR count). The fraction of sp³-hybridized carbons (Fsp3) is 0.619. The van der Waals surface area contributed by atoms with Gasteiger partial charge >= 0.3 is 5.97 Å². The molecule has 0 aliphatic heterocycles. The number of aromatic amines is 1. The summed E-state index contributed by atoms with van der Waals surface area (Å²) in [5.41, 5.74) is 11.4. The maximum Gasteiger partial charge on any atom is 0.328 e. The van der Waals surface area contributed by atoms with E-state index in [0.29, 0.717) is 12.1 Å². The van der Waals surface area contributed by atoms with Gasteiger partial charge in [0, 0.05) is 24.7 Å². The third kappa shape index (κ3) is 9.70. The molecule has 0 saturated heterocycles. The number of aliphatic hydroxyl groups is 1. The molecule has 1 heterocycles. The van der Waals surface area contributed by atoms with E-state index >= 15 is 0 Å². The van der Waals surface area contributed by atoms with Gasteiger partial charge in [-0.3, -0.25) is 19.2 Å². The van der Waals surface area contributed by atoms with Crippen molar-refractivity contribution in [1.29, 1.82) is 0 Å². The van der Waals surface area contributed by atoms with Crippen LogP contribution in [0.25, 0.3) is 0 Å². The Morgan fingerprint density at radius 3 is 2.17 bits per heavy atom. The van der Waals surface area contributed by atoms with Crippen LogP contribution in [0.15, 0.2) is 12.5 Å². The Bertz CT molecular complexity index is 875. The molecule has 196 valence electrons. The fourth-order valence-corrected chi connectivity index (χ4v) is 3.12. The van der Waals surface area contributed by atoms with Crippen molar-refractivity contribution in [3.05, 3.63) is 18.2 Å². The molecule has 0 aliphatic carbocycles. The van der Waals surface area contributed by atoms with E-state index in [1.165, 1.54) is 19.4 Å². The Morgan fingerprint density at radius 1 is 1.06 bits per heavy atom. The number of carboxylic acid groups (broad SMARTS) is 1. The number of hydrogen-bond donors (Lipinski definition) is 8. The molecule has 1 aromatic heterocycles. The molecule has 0 fully saturated rings. The molecular weight excluding hydrogens is 462 g/mol. The molecule has 0 aliphatic rings. The van der Waals surface area contributed by atoms with Crippen molar-refractivity contribution in [3.8, 4) is 0 Å². The normalized spacial score (nSPS) is 16.1. The van der Waals surface area contributed by atoms with Crippen LogP contribution in [0, 0.1) is 5.92 Å². The van der Waals surface area contributed by atoms with Crippen molar-refractivity contribution in [2.24, 2.45) is 17.4 Å². The van der Waals surface area contributed by atoms with E-state index in [9.17, 15) is 34.2 Å². The highest BCUT2D eigenvalue weighted by atomic mass is 16.4. The number of imidazole rings is 1. The van der Waals surface area contributed by atoms with Crippen molar-refractivity contribution < 1.29 is 34.2 Å². The Hall–Kier alpha value is -3.52. The topological polar surface area (TPSA) is 243 Å². The number of carboxylic acids is 1. The second-order valence-electron chi connectivity index (χ2n) is 8.39. The van der Waals surface area contributed by atoms with Gasteiger partial charge in [0.1, 0.15) is 12.1 Å². The van der Waals surface area contributed by atoms with E-state index in [-0.39, 0.29) is 19.3 Å². The number of aromatic nitrogens is 2. The summed E-state index contributed by atoms with van der Waals surface area (Å²) in [4.78, 5) is 67.6. The number of nitrogens with two attached hydrogens (primary N) is 2. The minimum Gasteiger partial charge on any atom is -0.480 e. The molecule has 6 unspecified atom stereocenters. The highest BCUT2D eigenvalue weighted by Gasteiger charge is 2.34. The van der Waals surface area contributed by atoms with Crippen LogP contribution in [0.1, 0.15) is 45.7 Å². The monoisotopic (exact) mass is 497 g/mol. The fourth-order valence-electron chi connectivity index (χ4n) is 3.12. The Labute approximate surface area is 202 Å². The number of nitrogens with one attached hydrogen (secondary N) is 4. The third-order valence-corrected chi connectivity index (χ3v) is 5.49. The van der Waals surface area contributed by atoms with E-state index < -0.39 is 65.8 Å². The first-order chi connectivity index (χ1) is 16.4. The first kappa shape index (κ1) is 29.5. The zero-order valence-corrected chi connectivity index (χ0v) is 20.0.